The summed E-state index contributed by atoms with van der Waals surface area (Å²) in [5.74, 6) is 1.06. The number of thioether (sulfide) groups is 1. The molecular formula is C16H20N2OS2. The van der Waals surface area contributed by atoms with Gasteiger partial charge in [0.25, 0.3) is 0 Å². The normalized spacial score (nSPS) is 12.1. The van der Waals surface area contributed by atoms with E-state index in [-0.39, 0.29) is 0 Å². The molecule has 112 valence electrons. The van der Waals surface area contributed by atoms with Crippen LogP contribution in [0.25, 0.3) is 11.3 Å². The molecule has 0 aliphatic carbocycles. The van der Waals surface area contributed by atoms with Crippen molar-refractivity contribution in [2.24, 2.45) is 0 Å². The van der Waals surface area contributed by atoms with E-state index in [1.54, 1.807) is 0 Å². The average molecular weight is 320 g/mol. The van der Waals surface area contributed by atoms with Gasteiger partial charge in [-0.1, -0.05) is 48.6 Å². The first-order chi connectivity index (χ1) is 10.2. The molecule has 0 N–H and O–H groups in total. The highest BCUT2D eigenvalue weighted by atomic mass is 32.2. The Morgan fingerprint density at radius 3 is 2.67 bits per heavy atom. The molecule has 1 aromatic heterocycles. The number of thiazole rings is 1. The lowest BCUT2D eigenvalue weighted by Crippen LogP contribution is -2.32. The van der Waals surface area contributed by atoms with Crippen LogP contribution in [-0.2, 0) is 0 Å². The topological polar surface area (TPSA) is 33.2 Å². The van der Waals surface area contributed by atoms with Crippen molar-refractivity contribution < 1.29 is 4.79 Å². The van der Waals surface area contributed by atoms with Crippen molar-refractivity contribution in [1.29, 1.82) is 0 Å². The molecule has 0 amide bonds. The second-order valence-corrected chi connectivity index (χ2v) is 6.74. The van der Waals surface area contributed by atoms with Crippen molar-refractivity contribution in [1.82, 2.24) is 4.98 Å². The Bertz CT molecular complexity index is 583. The lowest BCUT2D eigenvalue weighted by atomic mass is 10.1. The predicted octanol–water partition coefficient (Wildman–Crippen LogP) is 4.20. The minimum Gasteiger partial charge on any atom is -0.347 e. The third kappa shape index (κ3) is 3.66. The lowest BCUT2D eigenvalue weighted by molar-refractivity contribution is 0.112. The highest BCUT2D eigenvalue weighted by Crippen LogP contribution is 2.32. The summed E-state index contributed by atoms with van der Waals surface area (Å²) in [4.78, 5) is 18.9. The monoisotopic (exact) mass is 320 g/mol. The molecular weight excluding hydrogens is 300 g/mol. The smallest absolute Gasteiger partial charge is 0.186 e. The Balaban J connectivity index is 2.34. The van der Waals surface area contributed by atoms with Gasteiger partial charge in [-0.25, -0.2) is 4.98 Å². The highest BCUT2D eigenvalue weighted by molar-refractivity contribution is 7.98. The van der Waals surface area contributed by atoms with E-state index in [4.69, 9.17) is 4.98 Å². The number of benzene rings is 1. The van der Waals surface area contributed by atoms with Crippen molar-refractivity contribution in [2.45, 2.75) is 19.4 Å². The van der Waals surface area contributed by atoms with Crippen LogP contribution in [-0.4, -0.2) is 36.4 Å². The summed E-state index contributed by atoms with van der Waals surface area (Å²) in [6, 6.07) is 10.3. The molecule has 0 bridgehead atoms. The molecule has 0 radical (unpaired) electrons. The Morgan fingerprint density at radius 2 is 2.10 bits per heavy atom. The molecule has 0 saturated carbocycles. The van der Waals surface area contributed by atoms with Crippen LogP contribution >= 0.6 is 23.1 Å². The van der Waals surface area contributed by atoms with Gasteiger partial charge in [0.1, 0.15) is 0 Å². The third-order valence-corrected chi connectivity index (χ3v) is 5.27. The minimum absolute atomic E-state index is 0.439. The molecule has 21 heavy (non-hydrogen) atoms. The van der Waals surface area contributed by atoms with Gasteiger partial charge in [0.2, 0.25) is 0 Å². The van der Waals surface area contributed by atoms with Crippen LogP contribution in [0.3, 0.4) is 0 Å². The van der Waals surface area contributed by atoms with Gasteiger partial charge in [0.15, 0.2) is 11.4 Å². The van der Waals surface area contributed by atoms with Crippen molar-refractivity contribution >= 4 is 34.5 Å². The van der Waals surface area contributed by atoms with Crippen molar-refractivity contribution in [3.8, 4) is 11.3 Å². The number of hydrogen-bond donors (Lipinski definition) is 0. The molecule has 1 unspecified atom stereocenters. The zero-order chi connectivity index (χ0) is 15.2. The van der Waals surface area contributed by atoms with E-state index in [0.717, 1.165) is 34.8 Å². The second kappa shape index (κ2) is 7.61. The number of nitrogens with zero attached hydrogens (tertiary/aromatic N) is 2. The quantitative estimate of drug-likeness (QED) is 0.716. The molecule has 2 rings (SSSR count). The maximum atomic E-state index is 11.3. The number of aromatic nitrogens is 1. The van der Waals surface area contributed by atoms with Crippen LogP contribution in [0.4, 0.5) is 5.13 Å². The first-order valence-corrected chi connectivity index (χ1v) is 9.15. The Labute approximate surface area is 134 Å². The minimum atomic E-state index is 0.439. The van der Waals surface area contributed by atoms with Crippen molar-refractivity contribution in [3.05, 3.63) is 35.2 Å². The van der Waals surface area contributed by atoms with Crippen LogP contribution < -0.4 is 4.90 Å². The zero-order valence-electron chi connectivity index (χ0n) is 12.6. The highest BCUT2D eigenvalue weighted by Gasteiger charge is 2.19. The summed E-state index contributed by atoms with van der Waals surface area (Å²) in [6.07, 6.45) is 4.09. The van der Waals surface area contributed by atoms with Gasteiger partial charge in [-0.2, -0.15) is 11.8 Å². The Morgan fingerprint density at radius 1 is 1.38 bits per heavy atom. The van der Waals surface area contributed by atoms with Gasteiger partial charge in [0.05, 0.1) is 10.6 Å². The van der Waals surface area contributed by atoms with Gasteiger partial charge in [-0.3, -0.25) is 4.79 Å². The SMILES string of the molecule is CCC(CSC)N(C)c1nc(-c2ccccc2)c(C=O)s1. The van der Waals surface area contributed by atoms with E-state index in [1.807, 2.05) is 42.1 Å². The molecule has 1 atom stereocenters. The lowest BCUT2D eigenvalue weighted by Gasteiger charge is -2.26. The number of aldehydes is 1. The first kappa shape index (κ1) is 16.0. The van der Waals surface area contributed by atoms with E-state index in [1.165, 1.54) is 11.3 Å². The summed E-state index contributed by atoms with van der Waals surface area (Å²) in [6.45, 7) is 2.18. The van der Waals surface area contributed by atoms with Crippen molar-refractivity contribution in [2.75, 3.05) is 24.0 Å². The Kier molecular flexibility index (Phi) is 5.82. The second-order valence-electron chi connectivity index (χ2n) is 4.82. The van der Waals surface area contributed by atoms with E-state index < -0.39 is 0 Å². The molecule has 3 nitrogen and oxygen atoms in total. The molecule has 5 heteroatoms. The summed E-state index contributed by atoms with van der Waals surface area (Å²) in [5, 5.41) is 0.914. The molecule has 0 aliphatic rings. The maximum Gasteiger partial charge on any atom is 0.186 e. The average Bonchev–Trinajstić information content (AvgIpc) is 2.97. The molecule has 0 spiro atoms. The third-order valence-electron chi connectivity index (χ3n) is 3.48. The van der Waals surface area contributed by atoms with Crippen LogP contribution in [0, 0.1) is 0 Å². The predicted molar refractivity (Wildman–Crippen MR) is 93.8 cm³/mol. The number of anilines is 1. The van der Waals surface area contributed by atoms with E-state index >= 15 is 0 Å². The summed E-state index contributed by atoms with van der Waals surface area (Å²) in [5.41, 5.74) is 1.78. The molecule has 0 aliphatic heterocycles. The largest absolute Gasteiger partial charge is 0.347 e. The van der Waals surface area contributed by atoms with Crippen molar-refractivity contribution in [3.63, 3.8) is 0 Å². The summed E-state index contributed by atoms with van der Waals surface area (Å²) < 4.78 is 0. The Hall–Kier alpha value is -1.33. The van der Waals surface area contributed by atoms with Gasteiger partial charge in [-0.15, -0.1) is 0 Å². The number of hydrogen-bond acceptors (Lipinski definition) is 5. The summed E-state index contributed by atoms with van der Waals surface area (Å²) in [7, 11) is 2.06. The zero-order valence-corrected chi connectivity index (χ0v) is 14.2. The summed E-state index contributed by atoms with van der Waals surface area (Å²) >= 11 is 3.31. The number of carbonyl (C=O) groups excluding carboxylic acids is 1. The van der Waals surface area contributed by atoms with Crippen LogP contribution in [0.2, 0.25) is 0 Å². The maximum absolute atomic E-state index is 11.3. The fraction of sp³-hybridized carbons (Fsp3) is 0.375. The fourth-order valence-corrected chi connectivity index (χ4v) is 3.98. The standard InChI is InChI=1S/C16H20N2OS2/c1-4-13(11-20-3)18(2)16-17-15(14(10-19)21-16)12-8-6-5-7-9-12/h5-10,13H,4,11H2,1-3H3. The van der Waals surface area contributed by atoms with Gasteiger partial charge in [0, 0.05) is 24.4 Å². The van der Waals surface area contributed by atoms with Gasteiger partial charge < -0.3 is 4.90 Å². The van der Waals surface area contributed by atoms with Gasteiger partial charge in [-0.05, 0) is 12.7 Å². The van der Waals surface area contributed by atoms with E-state index in [2.05, 4.69) is 25.1 Å². The first-order valence-electron chi connectivity index (χ1n) is 6.94. The van der Waals surface area contributed by atoms with Crippen LogP contribution in [0.1, 0.15) is 23.0 Å². The molecule has 1 aromatic carbocycles. The molecule has 0 saturated heterocycles. The van der Waals surface area contributed by atoms with Gasteiger partial charge >= 0.3 is 0 Å². The van der Waals surface area contributed by atoms with E-state index in [0.29, 0.717) is 10.9 Å². The molecule has 1 heterocycles. The number of carbonyl (C=O) groups is 1. The number of rotatable bonds is 7. The molecule has 0 fully saturated rings. The van der Waals surface area contributed by atoms with Crippen LogP contribution in [0.15, 0.2) is 30.3 Å². The van der Waals surface area contributed by atoms with Crippen LogP contribution in [0.5, 0.6) is 0 Å². The fourth-order valence-electron chi connectivity index (χ4n) is 2.21. The molecule has 2 aromatic rings. The van der Waals surface area contributed by atoms with E-state index in [9.17, 15) is 4.79 Å².